The van der Waals surface area contributed by atoms with Gasteiger partial charge in [-0.05, 0) is 75.3 Å². The van der Waals surface area contributed by atoms with Gasteiger partial charge in [-0.2, -0.15) is 0 Å². The Balaban J connectivity index is 1.77. The van der Waals surface area contributed by atoms with Gasteiger partial charge in [0.25, 0.3) is 0 Å². The molecule has 0 saturated carbocycles. The molecule has 0 bridgehead atoms. The molecule has 2 aromatic heterocycles. The smallest absolute Gasteiger partial charge is 0.229 e. The van der Waals surface area contributed by atoms with Crippen molar-refractivity contribution in [2.24, 2.45) is 4.99 Å². The van der Waals surface area contributed by atoms with Gasteiger partial charge in [0.05, 0.1) is 6.26 Å². The summed E-state index contributed by atoms with van der Waals surface area (Å²) < 4.78 is 5.36. The largest absolute Gasteiger partial charge is 0.467 e. The Kier molecular flexibility index (Phi) is 6.56. The quantitative estimate of drug-likeness (QED) is 0.338. The number of hydrogen-bond donors (Lipinski definition) is 3. The molecular formula is C21H24N6OS. The highest BCUT2D eigenvalue weighted by atomic mass is 32.1. The second kappa shape index (κ2) is 9.29. The molecule has 3 N–H and O–H groups in total. The Morgan fingerprint density at radius 1 is 1.03 bits per heavy atom. The Hall–Kier alpha value is -3.26. The first-order valence-electron chi connectivity index (χ1n) is 9.21. The molecule has 29 heavy (non-hydrogen) atoms. The van der Waals surface area contributed by atoms with Gasteiger partial charge in [-0.15, -0.1) is 0 Å². The average Bonchev–Trinajstić information content (AvgIpc) is 3.16. The maximum absolute atomic E-state index is 5.49. The number of guanidine groups is 1. The van der Waals surface area contributed by atoms with Gasteiger partial charge in [0.1, 0.15) is 12.3 Å². The summed E-state index contributed by atoms with van der Waals surface area (Å²) in [5, 5.41) is 9.84. The van der Waals surface area contributed by atoms with Crippen LogP contribution in [0.3, 0.4) is 0 Å². The number of aliphatic imine (C=N–C) groups is 1. The fourth-order valence-electron chi connectivity index (χ4n) is 2.71. The molecule has 0 spiro atoms. The molecule has 2 heterocycles. The van der Waals surface area contributed by atoms with Gasteiger partial charge in [-0.3, -0.25) is 5.32 Å². The van der Waals surface area contributed by atoms with Crippen molar-refractivity contribution in [1.29, 1.82) is 0 Å². The molecule has 0 amide bonds. The fourth-order valence-corrected chi connectivity index (χ4v) is 2.91. The lowest BCUT2D eigenvalue weighted by Gasteiger charge is -2.16. The van der Waals surface area contributed by atoms with Crippen molar-refractivity contribution in [2.45, 2.75) is 34.2 Å². The summed E-state index contributed by atoms with van der Waals surface area (Å²) in [7, 11) is 0. The van der Waals surface area contributed by atoms with Crippen LogP contribution in [0.2, 0.25) is 0 Å². The summed E-state index contributed by atoms with van der Waals surface area (Å²) >= 11 is 5.49. The summed E-state index contributed by atoms with van der Waals surface area (Å²) in [4.78, 5) is 13.3. The van der Waals surface area contributed by atoms with Crippen LogP contribution in [0.15, 0.2) is 52.1 Å². The molecule has 0 aliphatic heterocycles. The lowest BCUT2D eigenvalue weighted by atomic mass is 10.1. The molecule has 0 unspecified atom stereocenters. The first kappa shape index (κ1) is 20.5. The SMILES string of the molecule is Cc1cc(C)nc(NC(=NCc2ccco2)NC(=S)Nc2cccc(C)c2C)n1. The van der Waals surface area contributed by atoms with Gasteiger partial charge in [0.15, 0.2) is 5.11 Å². The number of furan rings is 1. The molecule has 0 fully saturated rings. The predicted octanol–water partition coefficient (Wildman–Crippen LogP) is 4.26. The summed E-state index contributed by atoms with van der Waals surface area (Å²) in [6.45, 7) is 8.29. The number of anilines is 2. The van der Waals surface area contributed by atoms with E-state index in [0.717, 1.165) is 28.4 Å². The second-order valence-electron chi connectivity index (χ2n) is 6.67. The number of benzene rings is 1. The van der Waals surface area contributed by atoms with Crippen molar-refractivity contribution >= 4 is 34.9 Å². The summed E-state index contributed by atoms with van der Waals surface area (Å²) in [6.07, 6.45) is 1.62. The van der Waals surface area contributed by atoms with Crippen LogP contribution in [0.4, 0.5) is 11.6 Å². The normalized spacial score (nSPS) is 11.2. The number of aromatic nitrogens is 2. The molecule has 0 aliphatic rings. The van der Waals surface area contributed by atoms with E-state index < -0.39 is 0 Å². The standard InChI is InChI=1S/C21H24N6OS/c1-13-7-5-9-18(16(13)4)25-21(29)27-19(22-12-17-8-6-10-28-17)26-20-23-14(2)11-15(3)24-20/h5-11H,12H2,1-4H3,(H3,22,23,24,25,26,27,29). The van der Waals surface area contributed by atoms with E-state index in [2.05, 4.69) is 43.9 Å². The molecule has 7 nitrogen and oxygen atoms in total. The van der Waals surface area contributed by atoms with Gasteiger partial charge in [-0.25, -0.2) is 15.0 Å². The minimum absolute atomic E-state index is 0.346. The monoisotopic (exact) mass is 408 g/mol. The molecule has 3 aromatic rings. The fraction of sp³-hybridized carbons (Fsp3) is 0.238. The first-order chi connectivity index (χ1) is 13.9. The predicted molar refractivity (Wildman–Crippen MR) is 120 cm³/mol. The van der Waals surface area contributed by atoms with Gasteiger partial charge in [-0.1, -0.05) is 12.1 Å². The summed E-state index contributed by atoms with van der Waals surface area (Å²) in [5.74, 6) is 1.61. The Morgan fingerprint density at radius 2 is 1.79 bits per heavy atom. The summed E-state index contributed by atoms with van der Waals surface area (Å²) in [6, 6.07) is 11.6. The molecule has 8 heteroatoms. The van der Waals surface area contributed by atoms with Gasteiger partial charge < -0.3 is 15.1 Å². The molecule has 0 atom stereocenters. The molecule has 1 aromatic carbocycles. The van der Waals surface area contributed by atoms with Crippen molar-refractivity contribution in [1.82, 2.24) is 15.3 Å². The molecule has 150 valence electrons. The van der Waals surface area contributed by atoms with Gasteiger partial charge >= 0.3 is 0 Å². The Bertz CT molecular complexity index is 1010. The van der Waals surface area contributed by atoms with Crippen LogP contribution in [0.5, 0.6) is 0 Å². The number of hydrogen-bond acceptors (Lipinski definition) is 5. The molecular weight excluding hydrogens is 384 g/mol. The van der Waals surface area contributed by atoms with E-state index in [1.165, 1.54) is 5.56 Å². The van der Waals surface area contributed by atoms with E-state index >= 15 is 0 Å². The van der Waals surface area contributed by atoms with Crippen LogP contribution >= 0.6 is 12.2 Å². The molecule has 0 aliphatic carbocycles. The van der Waals surface area contributed by atoms with E-state index in [4.69, 9.17) is 16.6 Å². The van der Waals surface area contributed by atoms with E-state index in [9.17, 15) is 0 Å². The van der Waals surface area contributed by atoms with Crippen molar-refractivity contribution < 1.29 is 4.42 Å². The van der Waals surface area contributed by atoms with Gasteiger partial charge in [0.2, 0.25) is 11.9 Å². The Labute approximate surface area is 175 Å². The maximum atomic E-state index is 5.49. The van der Waals surface area contributed by atoms with Crippen LogP contribution in [-0.4, -0.2) is 21.0 Å². The second-order valence-corrected chi connectivity index (χ2v) is 7.08. The topological polar surface area (TPSA) is 87.4 Å². The Morgan fingerprint density at radius 3 is 2.48 bits per heavy atom. The lowest BCUT2D eigenvalue weighted by Crippen LogP contribution is -2.39. The molecule has 0 radical (unpaired) electrons. The average molecular weight is 409 g/mol. The van der Waals surface area contributed by atoms with Gasteiger partial charge in [0, 0.05) is 17.1 Å². The van der Waals surface area contributed by atoms with Crippen molar-refractivity contribution in [3.05, 3.63) is 70.9 Å². The number of rotatable bonds is 4. The van der Waals surface area contributed by atoms with Crippen LogP contribution < -0.4 is 16.0 Å². The number of aryl methyl sites for hydroxylation is 3. The number of nitrogens with zero attached hydrogens (tertiary/aromatic N) is 3. The zero-order valence-electron chi connectivity index (χ0n) is 16.9. The maximum Gasteiger partial charge on any atom is 0.229 e. The minimum Gasteiger partial charge on any atom is -0.467 e. The minimum atomic E-state index is 0.346. The van der Waals surface area contributed by atoms with E-state index in [1.807, 2.05) is 51.1 Å². The third-order valence-electron chi connectivity index (χ3n) is 4.27. The van der Waals surface area contributed by atoms with Crippen LogP contribution in [0, 0.1) is 27.7 Å². The number of thiocarbonyl (C=S) groups is 1. The highest BCUT2D eigenvalue weighted by molar-refractivity contribution is 7.80. The van der Waals surface area contributed by atoms with Crippen molar-refractivity contribution in [3.63, 3.8) is 0 Å². The number of nitrogens with one attached hydrogen (secondary N) is 3. The highest BCUT2D eigenvalue weighted by Gasteiger charge is 2.09. The van der Waals surface area contributed by atoms with Crippen molar-refractivity contribution in [2.75, 3.05) is 10.6 Å². The van der Waals surface area contributed by atoms with Crippen molar-refractivity contribution in [3.8, 4) is 0 Å². The van der Waals surface area contributed by atoms with E-state index in [1.54, 1.807) is 6.26 Å². The molecule has 0 saturated heterocycles. The third-order valence-corrected chi connectivity index (χ3v) is 4.47. The van der Waals surface area contributed by atoms with Crippen LogP contribution in [-0.2, 0) is 6.54 Å². The van der Waals surface area contributed by atoms with Crippen LogP contribution in [0.25, 0.3) is 0 Å². The zero-order chi connectivity index (χ0) is 20.8. The van der Waals surface area contributed by atoms with Crippen LogP contribution in [0.1, 0.15) is 28.3 Å². The third kappa shape index (κ3) is 5.86. The first-order valence-corrected chi connectivity index (χ1v) is 9.62. The lowest BCUT2D eigenvalue weighted by molar-refractivity contribution is 0.512. The zero-order valence-corrected chi connectivity index (χ0v) is 17.7. The summed E-state index contributed by atoms with van der Waals surface area (Å²) in [5.41, 5.74) is 4.99. The van der Waals surface area contributed by atoms with E-state index in [-0.39, 0.29) is 0 Å². The van der Waals surface area contributed by atoms with E-state index in [0.29, 0.717) is 23.6 Å². The molecule has 3 rings (SSSR count). The highest BCUT2D eigenvalue weighted by Crippen LogP contribution is 2.17.